The van der Waals surface area contributed by atoms with E-state index in [1.165, 1.54) is 0 Å². The Bertz CT molecular complexity index is 201. The smallest absolute Gasteiger partial charge is 0.205 e. The van der Waals surface area contributed by atoms with E-state index in [0.29, 0.717) is 25.7 Å². The molecule has 0 aliphatic rings. The van der Waals surface area contributed by atoms with Crippen LogP contribution < -0.4 is 16.6 Å². The van der Waals surface area contributed by atoms with Crippen molar-refractivity contribution in [2.75, 3.05) is 39.5 Å². The molecule has 0 aliphatic heterocycles. The van der Waals surface area contributed by atoms with Gasteiger partial charge in [0, 0.05) is 32.9 Å². The maximum atomic E-state index is 5.42. The molecule has 6 heteroatoms. The SMILES string of the molecule is CCCCOCCNC(=NCCCOCC)NN. The molecular weight excluding hydrogens is 232 g/mol. The Labute approximate surface area is 110 Å². The molecule has 0 saturated carbocycles. The minimum absolute atomic E-state index is 0.602. The molecule has 18 heavy (non-hydrogen) atoms. The highest BCUT2D eigenvalue weighted by Crippen LogP contribution is 1.87. The van der Waals surface area contributed by atoms with Crippen molar-refractivity contribution in [2.24, 2.45) is 10.8 Å². The van der Waals surface area contributed by atoms with E-state index in [4.69, 9.17) is 15.3 Å². The van der Waals surface area contributed by atoms with E-state index in [1.807, 2.05) is 6.92 Å². The van der Waals surface area contributed by atoms with Crippen LogP contribution in [0.3, 0.4) is 0 Å². The fourth-order valence-corrected chi connectivity index (χ4v) is 1.24. The Balaban J connectivity index is 3.47. The lowest BCUT2D eigenvalue weighted by Crippen LogP contribution is -2.43. The van der Waals surface area contributed by atoms with Crippen molar-refractivity contribution in [2.45, 2.75) is 33.1 Å². The van der Waals surface area contributed by atoms with E-state index in [0.717, 1.165) is 39.1 Å². The van der Waals surface area contributed by atoms with Gasteiger partial charge in [0.15, 0.2) is 0 Å². The number of ether oxygens (including phenoxy) is 2. The Hall–Kier alpha value is -0.850. The highest BCUT2D eigenvalue weighted by molar-refractivity contribution is 5.79. The summed E-state index contributed by atoms with van der Waals surface area (Å²) in [5.74, 6) is 5.96. The first-order chi connectivity index (χ1) is 8.85. The number of unbranched alkanes of at least 4 members (excludes halogenated alkanes) is 1. The lowest BCUT2D eigenvalue weighted by Gasteiger charge is -2.09. The summed E-state index contributed by atoms with van der Waals surface area (Å²) in [5, 5.41) is 3.09. The third-order valence-electron chi connectivity index (χ3n) is 2.24. The van der Waals surface area contributed by atoms with Crippen LogP contribution in [0.4, 0.5) is 0 Å². The fraction of sp³-hybridized carbons (Fsp3) is 0.917. The van der Waals surface area contributed by atoms with E-state index >= 15 is 0 Å². The third-order valence-corrected chi connectivity index (χ3v) is 2.24. The number of hydrazine groups is 1. The van der Waals surface area contributed by atoms with Crippen molar-refractivity contribution in [1.29, 1.82) is 0 Å². The summed E-state index contributed by atoms with van der Waals surface area (Å²) in [5.41, 5.74) is 2.54. The lowest BCUT2D eigenvalue weighted by molar-refractivity contribution is 0.136. The molecule has 0 rings (SSSR count). The second-order valence-corrected chi connectivity index (χ2v) is 3.82. The zero-order chi connectivity index (χ0) is 13.5. The fourth-order valence-electron chi connectivity index (χ4n) is 1.24. The molecule has 0 aromatic heterocycles. The van der Waals surface area contributed by atoms with E-state index in [1.54, 1.807) is 0 Å². The topological polar surface area (TPSA) is 80.9 Å². The summed E-state index contributed by atoms with van der Waals surface area (Å²) < 4.78 is 10.6. The van der Waals surface area contributed by atoms with Gasteiger partial charge in [-0.15, -0.1) is 0 Å². The molecule has 0 heterocycles. The van der Waals surface area contributed by atoms with Crippen molar-refractivity contribution in [1.82, 2.24) is 10.7 Å². The van der Waals surface area contributed by atoms with Gasteiger partial charge in [-0.25, -0.2) is 5.84 Å². The monoisotopic (exact) mass is 260 g/mol. The van der Waals surface area contributed by atoms with Crippen molar-refractivity contribution < 1.29 is 9.47 Å². The number of nitrogens with two attached hydrogens (primary N) is 1. The van der Waals surface area contributed by atoms with Crippen LogP contribution in [-0.2, 0) is 9.47 Å². The zero-order valence-corrected chi connectivity index (χ0v) is 11.7. The molecule has 0 amide bonds. The van der Waals surface area contributed by atoms with Crippen molar-refractivity contribution in [3.8, 4) is 0 Å². The molecule has 0 aromatic carbocycles. The van der Waals surface area contributed by atoms with Gasteiger partial charge in [0.1, 0.15) is 0 Å². The minimum atomic E-state index is 0.602. The summed E-state index contributed by atoms with van der Waals surface area (Å²) in [7, 11) is 0. The molecule has 0 unspecified atom stereocenters. The number of guanidine groups is 1. The van der Waals surface area contributed by atoms with Crippen LogP contribution in [0.1, 0.15) is 33.1 Å². The van der Waals surface area contributed by atoms with E-state index in [-0.39, 0.29) is 0 Å². The average molecular weight is 260 g/mol. The van der Waals surface area contributed by atoms with Gasteiger partial charge < -0.3 is 14.8 Å². The summed E-state index contributed by atoms with van der Waals surface area (Å²) in [6, 6.07) is 0. The predicted octanol–water partition coefficient (Wildman–Crippen LogP) is 0.639. The number of hydrogen-bond acceptors (Lipinski definition) is 4. The summed E-state index contributed by atoms with van der Waals surface area (Å²) in [6.45, 7) is 8.50. The van der Waals surface area contributed by atoms with Crippen LogP contribution in [0.2, 0.25) is 0 Å². The van der Waals surface area contributed by atoms with Gasteiger partial charge in [-0.1, -0.05) is 13.3 Å². The number of nitrogens with zero attached hydrogens (tertiary/aromatic N) is 1. The Morgan fingerprint density at radius 3 is 2.56 bits per heavy atom. The van der Waals surface area contributed by atoms with Crippen LogP contribution in [0.25, 0.3) is 0 Å². The van der Waals surface area contributed by atoms with E-state index in [9.17, 15) is 0 Å². The van der Waals surface area contributed by atoms with Crippen molar-refractivity contribution in [3.05, 3.63) is 0 Å². The maximum Gasteiger partial charge on any atom is 0.205 e. The largest absolute Gasteiger partial charge is 0.382 e. The summed E-state index contributed by atoms with van der Waals surface area (Å²) >= 11 is 0. The highest BCUT2D eigenvalue weighted by Gasteiger charge is 1.95. The van der Waals surface area contributed by atoms with E-state index < -0.39 is 0 Å². The average Bonchev–Trinajstić information content (AvgIpc) is 2.40. The molecule has 0 aromatic rings. The molecule has 0 atom stereocenters. The Morgan fingerprint density at radius 2 is 1.89 bits per heavy atom. The minimum Gasteiger partial charge on any atom is -0.382 e. The van der Waals surface area contributed by atoms with Gasteiger partial charge >= 0.3 is 0 Å². The molecular formula is C12H28N4O2. The van der Waals surface area contributed by atoms with Crippen LogP contribution >= 0.6 is 0 Å². The quantitative estimate of drug-likeness (QED) is 0.167. The number of rotatable bonds is 11. The van der Waals surface area contributed by atoms with Crippen LogP contribution in [0.5, 0.6) is 0 Å². The molecule has 4 N–H and O–H groups in total. The van der Waals surface area contributed by atoms with E-state index in [2.05, 4.69) is 22.7 Å². The maximum absolute atomic E-state index is 5.42. The molecule has 0 spiro atoms. The molecule has 0 bridgehead atoms. The van der Waals surface area contributed by atoms with Gasteiger partial charge in [-0.3, -0.25) is 10.4 Å². The third kappa shape index (κ3) is 11.6. The zero-order valence-electron chi connectivity index (χ0n) is 11.7. The first-order valence-corrected chi connectivity index (χ1v) is 6.75. The predicted molar refractivity (Wildman–Crippen MR) is 74.5 cm³/mol. The van der Waals surface area contributed by atoms with Gasteiger partial charge in [-0.2, -0.15) is 0 Å². The van der Waals surface area contributed by atoms with Crippen molar-refractivity contribution in [3.63, 3.8) is 0 Å². The number of hydrogen-bond donors (Lipinski definition) is 3. The summed E-state index contributed by atoms with van der Waals surface area (Å²) in [6.07, 6.45) is 3.16. The standard InChI is InChI=1S/C12H28N4O2/c1-3-5-9-18-11-8-15-12(16-13)14-7-6-10-17-4-2/h3-11,13H2,1-2H3,(H2,14,15,16). The number of nitrogens with one attached hydrogen (secondary N) is 2. The molecule has 6 nitrogen and oxygen atoms in total. The van der Waals surface area contributed by atoms with Gasteiger partial charge in [0.2, 0.25) is 5.96 Å². The van der Waals surface area contributed by atoms with Crippen molar-refractivity contribution >= 4 is 5.96 Å². The molecule has 0 saturated heterocycles. The lowest BCUT2D eigenvalue weighted by atomic mass is 10.4. The molecule has 108 valence electrons. The Kier molecular flexibility index (Phi) is 13.5. The number of aliphatic imine (C=N–C) groups is 1. The molecule has 0 aliphatic carbocycles. The first kappa shape index (κ1) is 17.2. The Morgan fingerprint density at radius 1 is 1.11 bits per heavy atom. The normalized spacial score (nSPS) is 11.6. The van der Waals surface area contributed by atoms with Gasteiger partial charge in [0.05, 0.1) is 6.61 Å². The second kappa shape index (κ2) is 14.2. The van der Waals surface area contributed by atoms with Crippen LogP contribution in [0.15, 0.2) is 4.99 Å². The summed E-state index contributed by atoms with van der Waals surface area (Å²) in [4.78, 5) is 4.28. The van der Waals surface area contributed by atoms with Gasteiger partial charge in [0.25, 0.3) is 0 Å². The van der Waals surface area contributed by atoms with Crippen LogP contribution in [-0.4, -0.2) is 45.5 Å². The highest BCUT2D eigenvalue weighted by atomic mass is 16.5. The van der Waals surface area contributed by atoms with Crippen LogP contribution in [0, 0.1) is 0 Å². The molecule has 0 fully saturated rings. The van der Waals surface area contributed by atoms with Gasteiger partial charge in [-0.05, 0) is 19.8 Å². The second-order valence-electron chi connectivity index (χ2n) is 3.82. The first-order valence-electron chi connectivity index (χ1n) is 6.75. The molecule has 0 radical (unpaired) electrons.